The van der Waals surface area contributed by atoms with Crippen LogP contribution in [-0.4, -0.2) is 0 Å². The molecule has 1 heteroatoms. The molecule has 0 aliphatic heterocycles. The molecule has 204 valence electrons. The summed E-state index contributed by atoms with van der Waals surface area (Å²) in [5.74, 6) is 0. The molecule has 0 unspecified atom stereocenters. The van der Waals surface area contributed by atoms with Crippen molar-refractivity contribution < 1.29 is 0 Å². The lowest BCUT2D eigenvalue weighted by Gasteiger charge is -2.18. The van der Waals surface area contributed by atoms with Gasteiger partial charge in [0, 0.05) is 5.70 Å². The van der Waals surface area contributed by atoms with Crippen LogP contribution in [0.1, 0.15) is 25.8 Å². The van der Waals surface area contributed by atoms with Gasteiger partial charge in [0.1, 0.15) is 0 Å². The van der Waals surface area contributed by atoms with Crippen molar-refractivity contribution in [2.45, 2.75) is 20.3 Å². The summed E-state index contributed by atoms with van der Waals surface area (Å²) in [6, 6.07) is 41.8. The summed E-state index contributed by atoms with van der Waals surface area (Å²) in [6.07, 6.45) is 9.11. The molecule has 0 amide bonds. The standard InChI is InChI=1S/C41H35N/c1-4-13-30(29(3)42)17-12-14-28(2)33-24-22-31-23-25-34(27-35(31)26-33)41-38-20-10-8-18-36(38)40(32-15-6-5-7-16-32)37-19-9-11-21-39(37)41/h4-16,18-27H,2,17,42H2,1,3H3/b13-4-,14-12-,30-29+. The molecule has 0 aliphatic rings. The van der Waals surface area contributed by atoms with Crippen molar-refractivity contribution in [1.29, 1.82) is 0 Å². The highest BCUT2D eigenvalue weighted by Crippen LogP contribution is 2.44. The third-order valence-corrected chi connectivity index (χ3v) is 8.02. The number of allylic oxidation sites excluding steroid dienone is 7. The molecule has 0 saturated carbocycles. The van der Waals surface area contributed by atoms with Crippen LogP contribution < -0.4 is 5.73 Å². The van der Waals surface area contributed by atoms with Gasteiger partial charge in [-0.25, -0.2) is 0 Å². The van der Waals surface area contributed by atoms with Crippen molar-refractivity contribution in [1.82, 2.24) is 0 Å². The number of benzene rings is 6. The van der Waals surface area contributed by atoms with E-state index in [0.717, 1.165) is 28.8 Å². The quantitative estimate of drug-likeness (QED) is 0.158. The Morgan fingerprint density at radius 2 is 1.21 bits per heavy atom. The van der Waals surface area contributed by atoms with Gasteiger partial charge in [0.15, 0.2) is 0 Å². The molecule has 0 radical (unpaired) electrons. The fourth-order valence-corrected chi connectivity index (χ4v) is 5.94. The van der Waals surface area contributed by atoms with Crippen molar-refractivity contribution in [2.24, 2.45) is 5.73 Å². The number of rotatable bonds is 7. The number of fused-ring (bicyclic) bond motifs is 3. The van der Waals surface area contributed by atoms with E-state index in [0.29, 0.717) is 0 Å². The summed E-state index contributed by atoms with van der Waals surface area (Å²) < 4.78 is 0. The molecule has 0 atom stereocenters. The highest BCUT2D eigenvalue weighted by Gasteiger charge is 2.16. The van der Waals surface area contributed by atoms with Crippen LogP contribution in [0, 0.1) is 0 Å². The molecule has 0 heterocycles. The van der Waals surface area contributed by atoms with E-state index < -0.39 is 0 Å². The van der Waals surface area contributed by atoms with Gasteiger partial charge in [-0.05, 0) is 104 Å². The Kier molecular flexibility index (Phi) is 7.58. The number of nitrogens with two attached hydrogens (primary N) is 1. The fraction of sp³-hybridized carbons (Fsp3) is 0.0732. The lowest BCUT2D eigenvalue weighted by Crippen LogP contribution is -1.95. The van der Waals surface area contributed by atoms with Crippen molar-refractivity contribution in [2.75, 3.05) is 0 Å². The van der Waals surface area contributed by atoms with Crippen LogP contribution in [0.2, 0.25) is 0 Å². The fourth-order valence-electron chi connectivity index (χ4n) is 5.94. The molecule has 2 N–H and O–H groups in total. The SMILES string of the molecule is C=C(/C=C\CC(/C=C\C)=C(\C)N)c1ccc2ccc(-c3c4ccccc4c(-c4ccccc4)c4ccccc34)cc2c1. The summed E-state index contributed by atoms with van der Waals surface area (Å²) in [4.78, 5) is 0. The van der Waals surface area contributed by atoms with Gasteiger partial charge in [-0.3, -0.25) is 0 Å². The van der Waals surface area contributed by atoms with Gasteiger partial charge in [-0.1, -0.05) is 134 Å². The molecule has 0 spiro atoms. The van der Waals surface area contributed by atoms with Crippen LogP contribution in [-0.2, 0) is 0 Å². The molecular formula is C41H35N. The average Bonchev–Trinajstić information content (AvgIpc) is 3.02. The first-order valence-electron chi connectivity index (χ1n) is 14.5. The highest BCUT2D eigenvalue weighted by molar-refractivity contribution is 6.21. The molecule has 0 aromatic heterocycles. The molecule has 6 rings (SSSR count). The minimum Gasteiger partial charge on any atom is -0.402 e. The average molecular weight is 542 g/mol. The summed E-state index contributed by atoms with van der Waals surface area (Å²) in [5, 5.41) is 7.47. The second kappa shape index (κ2) is 11.8. The molecule has 0 fully saturated rings. The van der Waals surface area contributed by atoms with Crippen LogP contribution in [0.4, 0.5) is 0 Å². The molecule has 0 bridgehead atoms. The van der Waals surface area contributed by atoms with E-state index >= 15 is 0 Å². The maximum absolute atomic E-state index is 6.05. The zero-order valence-corrected chi connectivity index (χ0v) is 24.3. The molecule has 0 saturated heterocycles. The van der Waals surface area contributed by atoms with E-state index in [9.17, 15) is 0 Å². The van der Waals surface area contributed by atoms with Crippen molar-refractivity contribution in [3.05, 3.63) is 163 Å². The van der Waals surface area contributed by atoms with Crippen LogP contribution >= 0.6 is 0 Å². The Labute approximate surface area is 248 Å². The molecule has 0 aliphatic carbocycles. The van der Waals surface area contributed by atoms with E-state index in [1.54, 1.807) is 0 Å². The Balaban J connectivity index is 1.47. The van der Waals surface area contributed by atoms with Gasteiger partial charge in [-0.2, -0.15) is 0 Å². The lowest BCUT2D eigenvalue weighted by atomic mass is 9.85. The van der Waals surface area contributed by atoms with E-state index in [4.69, 9.17) is 5.73 Å². The smallest absolute Gasteiger partial charge is 0.00844 e. The van der Waals surface area contributed by atoms with Gasteiger partial charge in [0.05, 0.1) is 0 Å². The topological polar surface area (TPSA) is 26.0 Å². The van der Waals surface area contributed by atoms with Crippen LogP contribution in [0.3, 0.4) is 0 Å². The predicted octanol–water partition coefficient (Wildman–Crippen LogP) is 11.2. The molecule has 6 aromatic carbocycles. The second-order valence-electron chi connectivity index (χ2n) is 10.8. The first kappa shape index (κ1) is 27.1. The first-order valence-corrected chi connectivity index (χ1v) is 14.5. The van der Waals surface area contributed by atoms with E-state index in [1.165, 1.54) is 54.6 Å². The molecule has 1 nitrogen and oxygen atoms in total. The van der Waals surface area contributed by atoms with Crippen molar-refractivity contribution >= 4 is 37.9 Å². The van der Waals surface area contributed by atoms with Gasteiger partial charge >= 0.3 is 0 Å². The highest BCUT2D eigenvalue weighted by atomic mass is 14.6. The van der Waals surface area contributed by atoms with Gasteiger partial charge in [0.2, 0.25) is 0 Å². The minimum atomic E-state index is 0.780. The maximum Gasteiger partial charge on any atom is 0.00844 e. The summed E-state index contributed by atoms with van der Waals surface area (Å²) in [6.45, 7) is 8.33. The van der Waals surface area contributed by atoms with Gasteiger partial charge in [-0.15, -0.1) is 0 Å². The first-order chi connectivity index (χ1) is 20.5. The van der Waals surface area contributed by atoms with E-state index in [2.05, 4.69) is 140 Å². The monoisotopic (exact) mass is 541 g/mol. The van der Waals surface area contributed by atoms with E-state index in [-0.39, 0.29) is 0 Å². The van der Waals surface area contributed by atoms with Gasteiger partial charge < -0.3 is 5.73 Å². The Bertz CT molecular complexity index is 1980. The third-order valence-electron chi connectivity index (χ3n) is 8.02. The molecule has 42 heavy (non-hydrogen) atoms. The maximum atomic E-state index is 6.05. The molecule has 6 aromatic rings. The zero-order chi connectivity index (χ0) is 29.1. The minimum absolute atomic E-state index is 0.780. The van der Waals surface area contributed by atoms with Crippen LogP contribution in [0.25, 0.3) is 60.1 Å². The van der Waals surface area contributed by atoms with E-state index in [1.807, 2.05) is 19.9 Å². The summed E-state index contributed by atoms with van der Waals surface area (Å²) in [7, 11) is 0. The second-order valence-corrected chi connectivity index (χ2v) is 10.8. The van der Waals surface area contributed by atoms with Crippen LogP contribution in [0.5, 0.6) is 0 Å². The van der Waals surface area contributed by atoms with Crippen molar-refractivity contribution in [3.8, 4) is 22.3 Å². The Hall–Kier alpha value is -5.14. The largest absolute Gasteiger partial charge is 0.402 e. The third kappa shape index (κ3) is 5.18. The zero-order valence-electron chi connectivity index (χ0n) is 24.3. The van der Waals surface area contributed by atoms with Crippen molar-refractivity contribution in [3.63, 3.8) is 0 Å². The Morgan fingerprint density at radius 1 is 0.643 bits per heavy atom. The summed E-state index contributed by atoms with van der Waals surface area (Å²) in [5.41, 5.74) is 15.1. The summed E-state index contributed by atoms with van der Waals surface area (Å²) >= 11 is 0. The molecular weight excluding hydrogens is 506 g/mol. The van der Waals surface area contributed by atoms with Crippen LogP contribution in [0.15, 0.2) is 157 Å². The lowest BCUT2D eigenvalue weighted by molar-refractivity contribution is 1.16. The normalized spacial score (nSPS) is 12.5. The predicted molar refractivity (Wildman–Crippen MR) is 184 cm³/mol. The number of hydrogen-bond donors (Lipinski definition) is 1. The van der Waals surface area contributed by atoms with Gasteiger partial charge in [0.25, 0.3) is 0 Å². The number of hydrogen-bond acceptors (Lipinski definition) is 1. The Morgan fingerprint density at radius 3 is 1.81 bits per heavy atom.